The molecule has 2 atom stereocenters. The van der Waals surface area contributed by atoms with E-state index in [2.05, 4.69) is 48.2 Å². The molecule has 0 radical (unpaired) electrons. The number of nitrogens with zero attached hydrogens (tertiary/aromatic N) is 2. The van der Waals surface area contributed by atoms with Crippen LogP contribution in [-0.4, -0.2) is 40.2 Å². The van der Waals surface area contributed by atoms with Crippen LogP contribution in [0.4, 0.5) is 0 Å². The summed E-state index contributed by atoms with van der Waals surface area (Å²) in [5, 5.41) is 11.4. The summed E-state index contributed by atoms with van der Waals surface area (Å²) in [4.78, 5) is 20.1. The number of rotatable bonds is 16. The van der Waals surface area contributed by atoms with E-state index in [-0.39, 0.29) is 6.10 Å². The largest absolute Gasteiger partial charge is 0.486 e. The maximum Gasteiger partial charge on any atom is 0.320 e. The highest BCUT2D eigenvalue weighted by atomic mass is 16.7. The molecule has 0 spiro atoms. The Morgan fingerprint density at radius 1 is 0.786 bits per heavy atom. The normalized spacial score (nSPS) is 12.7. The van der Waals surface area contributed by atoms with Gasteiger partial charge in [0.25, 0.3) is 0 Å². The molecular weight excluding hydrogens is 526 g/mol. The molecule has 0 aliphatic carbocycles. The molecule has 3 N–H and O–H groups in total. The second kappa shape index (κ2) is 15.7. The Balaban J connectivity index is 1.54. The van der Waals surface area contributed by atoms with E-state index in [4.69, 9.17) is 15.3 Å². The van der Waals surface area contributed by atoms with Crippen LogP contribution in [-0.2, 0) is 24.4 Å². The summed E-state index contributed by atoms with van der Waals surface area (Å²) >= 11 is 0. The number of hydrogen-bond donors (Lipinski definition) is 2. The van der Waals surface area contributed by atoms with Gasteiger partial charge in [0, 0.05) is 37.3 Å². The molecule has 0 aromatic heterocycles. The quantitative estimate of drug-likeness (QED) is 0.151. The summed E-state index contributed by atoms with van der Waals surface area (Å²) in [5.74, 6) is 0.564. The Labute approximate surface area is 249 Å². The number of hydrogen-bond acceptors (Lipinski definition) is 6. The molecule has 7 nitrogen and oxygen atoms in total. The third kappa shape index (κ3) is 9.17. The summed E-state index contributed by atoms with van der Waals surface area (Å²) in [6.45, 7) is 7.08. The predicted octanol–water partition coefficient (Wildman–Crippen LogP) is 6.45. The number of ether oxygens (including phenoxy) is 1. The zero-order valence-electron chi connectivity index (χ0n) is 24.4. The highest BCUT2D eigenvalue weighted by Gasteiger charge is 2.19. The van der Waals surface area contributed by atoms with Crippen LogP contribution in [0.2, 0.25) is 0 Å². The third-order valence-electron chi connectivity index (χ3n) is 7.16. The van der Waals surface area contributed by atoms with Crippen LogP contribution in [0, 0.1) is 0 Å². The Morgan fingerprint density at radius 3 is 1.95 bits per heavy atom. The summed E-state index contributed by atoms with van der Waals surface area (Å²) in [6, 6.07) is 35.4. The van der Waals surface area contributed by atoms with Crippen LogP contribution in [0.25, 0.3) is 0 Å². The molecule has 0 heterocycles. The average molecular weight is 568 g/mol. The maximum atomic E-state index is 11.5. The lowest BCUT2D eigenvalue weighted by molar-refractivity contribution is -0.138. The first-order chi connectivity index (χ1) is 20.4. The summed E-state index contributed by atoms with van der Waals surface area (Å²) < 4.78 is 6.42. The topological polar surface area (TPSA) is 88.3 Å². The fourth-order valence-electron chi connectivity index (χ4n) is 4.73. The number of nitrogens with two attached hydrogens (primary N) is 1. The Bertz CT molecular complexity index is 1380. The Kier molecular flexibility index (Phi) is 11.5. The number of hydroxylamine groups is 2. The molecule has 4 aromatic carbocycles. The van der Waals surface area contributed by atoms with Crippen molar-refractivity contribution in [3.8, 4) is 11.5 Å². The van der Waals surface area contributed by atoms with Crippen molar-refractivity contribution in [3.63, 3.8) is 0 Å². The second-order valence-electron chi connectivity index (χ2n) is 10.4. The minimum absolute atomic E-state index is 0.125. The number of carboxylic acid groups (broad SMARTS) is 1. The van der Waals surface area contributed by atoms with Gasteiger partial charge in [-0.15, -0.1) is 5.06 Å². The van der Waals surface area contributed by atoms with E-state index in [1.807, 2.05) is 84.8 Å². The highest BCUT2D eigenvalue weighted by molar-refractivity contribution is 5.73. The molecule has 2 unspecified atom stereocenters. The van der Waals surface area contributed by atoms with E-state index in [0.717, 1.165) is 28.2 Å². The number of para-hydroxylation sites is 2. The molecule has 4 aromatic rings. The van der Waals surface area contributed by atoms with Gasteiger partial charge in [-0.05, 0) is 43.5 Å². The van der Waals surface area contributed by atoms with Crippen LogP contribution in [0.3, 0.4) is 0 Å². The van der Waals surface area contributed by atoms with Crippen molar-refractivity contribution < 1.29 is 19.5 Å². The van der Waals surface area contributed by atoms with Crippen molar-refractivity contribution in [3.05, 3.63) is 131 Å². The van der Waals surface area contributed by atoms with Gasteiger partial charge in [0.2, 0.25) is 0 Å². The molecule has 0 saturated heterocycles. The van der Waals surface area contributed by atoms with Gasteiger partial charge < -0.3 is 20.4 Å². The van der Waals surface area contributed by atoms with Gasteiger partial charge in [0.05, 0.1) is 6.54 Å². The third-order valence-corrected chi connectivity index (χ3v) is 7.16. The molecule has 0 amide bonds. The van der Waals surface area contributed by atoms with E-state index < -0.39 is 12.0 Å². The lowest BCUT2D eigenvalue weighted by atomic mass is 10.1. The van der Waals surface area contributed by atoms with Gasteiger partial charge in [-0.1, -0.05) is 97.1 Å². The molecule has 0 saturated carbocycles. The van der Waals surface area contributed by atoms with Gasteiger partial charge in [-0.2, -0.15) is 0 Å². The van der Waals surface area contributed by atoms with Gasteiger partial charge >= 0.3 is 5.97 Å². The first-order valence-electron chi connectivity index (χ1n) is 14.5. The number of benzene rings is 4. The van der Waals surface area contributed by atoms with Crippen LogP contribution in [0.1, 0.15) is 48.6 Å². The predicted molar refractivity (Wildman–Crippen MR) is 166 cm³/mol. The maximum absolute atomic E-state index is 11.5. The first-order valence-corrected chi connectivity index (χ1v) is 14.5. The fourth-order valence-corrected chi connectivity index (χ4v) is 4.73. The van der Waals surface area contributed by atoms with Crippen molar-refractivity contribution in [1.29, 1.82) is 0 Å². The Hall–Kier alpha value is -4.17. The smallest absolute Gasteiger partial charge is 0.320 e. The minimum atomic E-state index is -1.00. The zero-order valence-corrected chi connectivity index (χ0v) is 24.4. The monoisotopic (exact) mass is 567 g/mol. The number of aliphatic carboxylic acids is 1. The summed E-state index contributed by atoms with van der Waals surface area (Å²) in [5.41, 5.74) is 10.2. The highest BCUT2D eigenvalue weighted by Crippen LogP contribution is 2.28. The molecule has 0 fully saturated rings. The molecule has 0 aliphatic heterocycles. The molecule has 7 heteroatoms. The van der Waals surface area contributed by atoms with Crippen molar-refractivity contribution in [2.24, 2.45) is 5.73 Å². The standard InChI is InChI=1S/C35H41N3O4/c1-3-38(24-28-14-6-4-7-15-28)42-34-21-13-11-19-31(34)26-37(23-22-32(36)35(39)40)25-30-18-10-12-20-33(30)41-27(2)29-16-8-5-9-17-29/h4-21,27,32H,3,22-26,36H2,1-2H3,(H,39,40). The zero-order chi connectivity index (χ0) is 29.7. The average Bonchev–Trinajstić information content (AvgIpc) is 3.02. The van der Waals surface area contributed by atoms with E-state index in [1.165, 1.54) is 5.56 Å². The lowest BCUT2D eigenvalue weighted by Crippen LogP contribution is -2.35. The summed E-state index contributed by atoms with van der Waals surface area (Å²) in [7, 11) is 0. The van der Waals surface area contributed by atoms with E-state index in [0.29, 0.717) is 39.1 Å². The van der Waals surface area contributed by atoms with Crippen molar-refractivity contribution in [2.45, 2.75) is 52.0 Å². The lowest BCUT2D eigenvalue weighted by Gasteiger charge is -2.27. The van der Waals surface area contributed by atoms with E-state index in [9.17, 15) is 9.90 Å². The van der Waals surface area contributed by atoms with Crippen molar-refractivity contribution >= 4 is 5.97 Å². The molecular formula is C35H41N3O4. The molecule has 220 valence electrons. The SMILES string of the molecule is CCN(Cc1ccccc1)Oc1ccccc1CN(CCC(N)C(=O)O)Cc1ccccc1OC(C)c1ccccc1. The van der Waals surface area contributed by atoms with Crippen LogP contribution < -0.4 is 15.3 Å². The van der Waals surface area contributed by atoms with Crippen LogP contribution >= 0.6 is 0 Å². The molecule has 42 heavy (non-hydrogen) atoms. The molecule has 0 aliphatic rings. The van der Waals surface area contributed by atoms with Gasteiger partial charge in [-0.25, -0.2) is 0 Å². The van der Waals surface area contributed by atoms with Gasteiger partial charge in [-0.3, -0.25) is 9.69 Å². The van der Waals surface area contributed by atoms with Crippen LogP contribution in [0.15, 0.2) is 109 Å². The van der Waals surface area contributed by atoms with Gasteiger partial charge in [0.15, 0.2) is 5.75 Å². The minimum Gasteiger partial charge on any atom is -0.486 e. The van der Waals surface area contributed by atoms with E-state index >= 15 is 0 Å². The molecule has 0 bridgehead atoms. The first kappa shape index (κ1) is 30.8. The fraction of sp³-hybridized carbons (Fsp3) is 0.286. The number of carbonyl (C=O) groups is 1. The van der Waals surface area contributed by atoms with Crippen LogP contribution in [0.5, 0.6) is 11.5 Å². The second-order valence-corrected chi connectivity index (χ2v) is 10.4. The van der Waals surface area contributed by atoms with Crippen molar-refractivity contribution in [1.82, 2.24) is 9.96 Å². The summed E-state index contributed by atoms with van der Waals surface area (Å²) in [6.07, 6.45) is 0.191. The van der Waals surface area contributed by atoms with Gasteiger partial charge in [0.1, 0.15) is 17.9 Å². The van der Waals surface area contributed by atoms with Crippen molar-refractivity contribution in [2.75, 3.05) is 13.1 Å². The number of carboxylic acids is 1. The van der Waals surface area contributed by atoms with E-state index in [1.54, 1.807) is 0 Å². The molecule has 4 rings (SSSR count). The Morgan fingerprint density at radius 2 is 1.33 bits per heavy atom.